The van der Waals surface area contributed by atoms with E-state index in [2.05, 4.69) is 10.2 Å². The summed E-state index contributed by atoms with van der Waals surface area (Å²) in [6.07, 6.45) is 2.60. The minimum Gasteiger partial charge on any atom is -0.481 e. The molecule has 0 saturated carbocycles. The van der Waals surface area contributed by atoms with Crippen molar-refractivity contribution < 1.29 is 23.8 Å². The Morgan fingerprint density at radius 1 is 1.12 bits per heavy atom. The summed E-state index contributed by atoms with van der Waals surface area (Å²) in [5.74, 6) is -1.35. The molecule has 0 spiro atoms. The minimum absolute atomic E-state index is 0.0666. The third-order valence-corrected chi connectivity index (χ3v) is 5.77. The van der Waals surface area contributed by atoms with Crippen LogP contribution in [0.25, 0.3) is 0 Å². The predicted octanol–water partition coefficient (Wildman–Crippen LogP) is 3.68. The Labute approximate surface area is 188 Å². The molecule has 172 valence electrons. The van der Waals surface area contributed by atoms with Crippen LogP contribution in [0.1, 0.15) is 36.5 Å². The van der Waals surface area contributed by atoms with E-state index in [1.54, 1.807) is 25.1 Å². The van der Waals surface area contributed by atoms with Crippen molar-refractivity contribution in [2.45, 2.75) is 45.1 Å². The standard InChI is InChI=1S/C25H31FN2O4/c1-2-32-25(31)17-20-8-7-18(16-24(29)30)15-23(20)27-21-10-13-28(14-11-21)12-9-19-5-3-4-6-22(19)26/h3-8,15,21,27H,2,9-14,16-17H2,1H3,(H,29,30). The van der Waals surface area contributed by atoms with Gasteiger partial charge in [-0.3, -0.25) is 9.59 Å². The van der Waals surface area contributed by atoms with Crippen molar-refractivity contribution in [2.75, 3.05) is 31.6 Å². The highest BCUT2D eigenvalue weighted by atomic mass is 19.1. The Morgan fingerprint density at radius 2 is 1.88 bits per heavy atom. The maximum atomic E-state index is 13.8. The smallest absolute Gasteiger partial charge is 0.310 e. The molecule has 0 amide bonds. The van der Waals surface area contributed by atoms with E-state index in [1.165, 1.54) is 6.07 Å². The van der Waals surface area contributed by atoms with Crippen LogP contribution in [0.3, 0.4) is 0 Å². The number of esters is 1. The van der Waals surface area contributed by atoms with Crippen LogP contribution in [-0.2, 0) is 33.6 Å². The van der Waals surface area contributed by atoms with Gasteiger partial charge in [0.1, 0.15) is 5.82 Å². The molecule has 1 saturated heterocycles. The third kappa shape index (κ3) is 7.05. The number of hydrogen-bond acceptors (Lipinski definition) is 5. The second-order valence-corrected chi connectivity index (χ2v) is 8.15. The zero-order valence-electron chi connectivity index (χ0n) is 18.5. The molecule has 32 heavy (non-hydrogen) atoms. The van der Waals surface area contributed by atoms with Gasteiger partial charge in [0, 0.05) is 31.4 Å². The Balaban J connectivity index is 1.59. The first kappa shape index (κ1) is 23.7. The van der Waals surface area contributed by atoms with Gasteiger partial charge in [-0.1, -0.05) is 30.3 Å². The first-order valence-electron chi connectivity index (χ1n) is 11.2. The van der Waals surface area contributed by atoms with Crippen LogP contribution in [0.5, 0.6) is 0 Å². The van der Waals surface area contributed by atoms with Gasteiger partial charge in [0.25, 0.3) is 0 Å². The number of anilines is 1. The van der Waals surface area contributed by atoms with E-state index in [9.17, 15) is 14.0 Å². The monoisotopic (exact) mass is 442 g/mol. The van der Waals surface area contributed by atoms with Gasteiger partial charge in [0.15, 0.2) is 0 Å². The molecule has 7 heteroatoms. The van der Waals surface area contributed by atoms with Gasteiger partial charge in [-0.25, -0.2) is 4.39 Å². The van der Waals surface area contributed by atoms with E-state index >= 15 is 0 Å². The minimum atomic E-state index is -0.891. The van der Waals surface area contributed by atoms with E-state index in [0.717, 1.165) is 49.3 Å². The highest BCUT2D eigenvalue weighted by Gasteiger charge is 2.21. The van der Waals surface area contributed by atoms with Crippen molar-refractivity contribution in [1.29, 1.82) is 0 Å². The van der Waals surface area contributed by atoms with Crippen molar-refractivity contribution in [2.24, 2.45) is 0 Å². The lowest BCUT2D eigenvalue weighted by Gasteiger charge is -2.33. The number of hydrogen-bond donors (Lipinski definition) is 2. The van der Waals surface area contributed by atoms with Crippen molar-refractivity contribution in [3.63, 3.8) is 0 Å². The third-order valence-electron chi connectivity index (χ3n) is 5.77. The lowest BCUT2D eigenvalue weighted by molar-refractivity contribution is -0.142. The number of piperidine rings is 1. The fraction of sp³-hybridized carbons (Fsp3) is 0.440. The number of ether oxygens (including phenoxy) is 1. The average Bonchev–Trinajstić information content (AvgIpc) is 2.76. The molecule has 1 heterocycles. The molecule has 0 aromatic heterocycles. The summed E-state index contributed by atoms with van der Waals surface area (Å²) in [5, 5.41) is 12.6. The molecule has 1 aliphatic rings. The van der Waals surface area contributed by atoms with E-state index < -0.39 is 5.97 Å². The van der Waals surface area contributed by atoms with Crippen molar-refractivity contribution in [3.8, 4) is 0 Å². The Morgan fingerprint density at radius 3 is 2.56 bits per heavy atom. The highest BCUT2D eigenvalue weighted by Crippen LogP contribution is 2.24. The highest BCUT2D eigenvalue weighted by molar-refractivity contribution is 5.76. The SMILES string of the molecule is CCOC(=O)Cc1ccc(CC(=O)O)cc1NC1CCN(CCc2ccccc2F)CC1. The van der Waals surface area contributed by atoms with E-state index in [-0.39, 0.29) is 30.7 Å². The zero-order chi connectivity index (χ0) is 22.9. The number of carboxylic acid groups (broad SMARTS) is 1. The van der Waals surface area contributed by atoms with Crippen molar-refractivity contribution in [1.82, 2.24) is 4.90 Å². The van der Waals surface area contributed by atoms with Gasteiger partial charge in [0.05, 0.1) is 19.4 Å². The van der Waals surface area contributed by atoms with Crippen LogP contribution in [0, 0.1) is 5.82 Å². The average molecular weight is 443 g/mol. The molecule has 1 aliphatic heterocycles. The van der Waals surface area contributed by atoms with Crippen LogP contribution >= 0.6 is 0 Å². The number of nitrogens with one attached hydrogen (secondary N) is 1. The number of likely N-dealkylation sites (tertiary alicyclic amines) is 1. The molecule has 0 bridgehead atoms. The van der Waals surface area contributed by atoms with Crippen LogP contribution in [-0.4, -0.2) is 54.2 Å². The van der Waals surface area contributed by atoms with Crippen LogP contribution in [0.15, 0.2) is 42.5 Å². The largest absolute Gasteiger partial charge is 0.481 e. The Hall–Kier alpha value is -2.93. The fourth-order valence-corrected chi connectivity index (χ4v) is 4.06. The summed E-state index contributed by atoms with van der Waals surface area (Å²) in [4.78, 5) is 25.5. The van der Waals surface area contributed by atoms with Crippen LogP contribution in [0.2, 0.25) is 0 Å². The van der Waals surface area contributed by atoms with E-state index in [4.69, 9.17) is 9.84 Å². The number of rotatable bonds is 10. The number of aliphatic carboxylic acids is 1. The lowest BCUT2D eigenvalue weighted by atomic mass is 10.0. The molecular formula is C25H31FN2O4. The first-order chi connectivity index (χ1) is 15.4. The molecule has 2 aromatic carbocycles. The van der Waals surface area contributed by atoms with Gasteiger partial charge in [-0.15, -0.1) is 0 Å². The topological polar surface area (TPSA) is 78.9 Å². The zero-order valence-corrected chi connectivity index (χ0v) is 18.5. The quantitative estimate of drug-likeness (QED) is 0.547. The second kappa shape index (κ2) is 11.6. The van der Waals surface area contributed by atoms with Gasteiger partial charge < -0.3 is 20.1 Å². The van der Waals surface area contributed by atoms with Crippen molar-refractivity contribution in [3.05, 3.63) is 65.0 Å². The van der Waals surface area contributed by atoms with Gasteiger partial charge in [-0.2, -0.15) is 0 Å². The van der Waals surface area contributed by atoms with Crippen molar-refractivity contribution >= 4 is 17.6 Å². The number of halogens is 1. The van der Waals surface area contributed by atoms with Crippen LogP contribution < -0.4 is 5.32 Å². The fourth-order valence-electron chi connectivity index (χ4n) is 4.06. The number of carbonyl (C=O) groups excluding carboxylic acids is 1. The molecule has 3 rings (SSSR count). The number of carbonyl (C=O) groups is 2. The number of benzene rings is 2. The molecule has 0 radical (unpaired) electrons. The molecule has 2 aromatic rings. The van der Waals surface area contributed by atoms with Crippen LogP contribution in [0.4, 0.5) is 10.1 Å². The number of nitrogens with zero attached hydrogens (tertiary/aromatic N) is 1. The van der Waals surface area contributed by atoms with Gasteiger partial charge in [0.2, 0.25) is 0 Å². The number of carboxylic acids is 1. The molecule has 1 fully saturated rings. The second-order valence-electron chi connectivity index (χ2n) is 8.15. The molecular weight excluding hydrogens is 411 g/mol. The molecule has 2 N–H and O–H groups in total. The predicted molar refractivity (Wildman–Crippen MR) is 121 cm³/mol. The summed E-state index contributed by atoms with van der Waals surface area (Å²) in [7, 11) is 0. The maximum Gasteiger partial charge on any atom is 0.310 e. The Bertz CT molecular complexity index is 926. The summed E-state index contributed by atoms with van der Waals surface area (Å²) in [6, 6.07) is 12.5. The van der Waals surface area contributed by atoms with Gasteiger partial charge in [-0.05, 0) is 55.0 Å². The summed E-state index contributed by atoms with van der Waals surface area (Å²) < 4.78 is 18.9. The summed E-state index contributed by atoms with van der Waals surface area (Å²) in [6.45, 7) is 4.70. The Kier molecular flexibility index (Phi) is 8.62. The normalized spacial score (nSPS) is 14.8. The summed E-state index contributed by atoms with van der Waals surface area (Å²) in [5.41, 5.74) is 3.03. The molecule has 6 nitrogen and oxygen atoms in total. The molecule has 0 aliphatic carbocycles. The molecule has 0 atom stereocenters. The first-order valence-corrected chi connectivity index (χ1v) is 11.2. The van der Waals surface area contributed by atoms with E-state index in [0.29, 0.717) is 18.6 Å². The maximum absolute atomic E-state index is 13.8. The lowest BCUT2D eigenvalue weighted by Crippen LogP contribution is -2.40. The van der Waals surface area contributed by atoms with E-state index in [1.807, 2.05) is 18.2 Å². The molecule has 0 unspecified atom stereocenters. The summed E-state index contributed by atoms with van der Waals surface area (Å²) >= 11 is 0. The van der Waals surface area contributed by atoms with Gasteiger partial charge >= 0.3 is 11.9 Å².